The van der Waals surface area contributed by atoms with Crippen molar-refractivity contribution in [1.82, 2.24) is 5.32 Å². The fourth-order valence-electron chi connectivity index (χ4n) is 3.48. The monoisotopic (exact) mass is 548 g/mol. The molecule has 0 fully saturated rings. The number of esters is 2. The van der Waals surface area contributed by atoms with Crippen LogP contribution in [0.25, 0.3) is 0 Å². The first kappa shape index (κ1) is 35.2. The number of likely N-dealkylation sites (N-methyl/N-ethyl adjacent to an activating group) is 2. The van der Waals surface area contributed by atoms with Crippen molar-refractivity contribution in [2.24, 2.45) is 11.3 Å². The molecule has 37 heavy (non-hydrogen) atoms. The predicted octanol–water partition coefficient (Wildman–Crippen LogP) is 0.634. The molecule has 2 unspecified atom stereocenters. The lowest BCUT2D eigenvalue weighted by atomic mass is 9.81. The number of carboxylic acids is 1. The second kappa shape index (κ2) is 16.9. The highest BCUT2D eigenvalue weighted by Gasteiger charge is 2.34. The van der Waals surface area contributed by atoms with Crippen molar-refractivity contribution in [3.8, 4) is 0 Å². The molecule has 1 N–H and O–H groups in total. The Morgan fingerprint density at radius 3 is 2.00 bits per heavy atom. The molecule has 11 heteroatoms. The molecule has 0 aromatic heterocycles. The maximum absolute atomic E-state index is 12.8. The first-order valence-corrected chi connectivity index (χ1v) is 13.8. The SMILES string of the molecule is CCC(C)(CCC(C)C(=O)OCC[N+](C)(C)CCC(=O)NCCS)C(=O)OCC[N+](C)(C)CCC(=O)[O-]. The third-order valence-corrected chi connectivity index (χ3v) is 7.20. The normalized spacial score (nSPS) is 14.4. The van der Waals surface area contributed by atoms with Crippen molar-refractivity contribution in [2.75, 3.05) is 79.9 Å². The molecule has 0 aromatic carbocycles. The number of carbonyl (C=O) groups is 4. The van der Waals surface area contributed by atoms with Gasteiger partial charge in [-0.1, -0.05) is 13.8 Å². The summed E-state index contributed by atoms with van der Waals surface area (Å²) in [7, 11) is 7.74. The van der Waals surface area contributed by atoms with E-state index in [4.69, 9.17) is 9.47 Å². The minimum absolute atomic E-state index is 0.0121. The fourth-order valence-corrected chi connectivity index (χ4v) is 3.59. The van der Waals surface area contributed by atoms with Crippen LogP contribution in [0, 0.1) is 11.3 Å². The Morgan fingerprint density at radius 1 is 0.946 bits per heavy atom. The van der Waals surface area contributed by atoms with Gasteiger partial charge in [-0.05, 0) is 26.2 Å². The van der Waals surface area contributed by atoms with Gasteiger partial charge in [0.25, 0.3) is 0 Å². The van der Waals surface area contributed by atoms with Crippen LogP contribution in [-0.4, -0.2) is 113 Å². The summed E-state index contributed by atoms with van der Waals surface area (Å²) in [5.41, 5.74) is -0.719. The molecule has 0 bridgehead atoms. The molecule has 0 rings (SSSR count). The molecule has 0 aliphatic carbocycles. The van der Waals surface area contributed by atoms with Crippen molar-refractivity contribution in [3.63, 3.8) is 0 Å². The Labute approximate surface area is 228 Å². The molecular formula is C26H50N3O7S+. The molecule has 0 saturated heterocycles. The Kier molecular flexibility index (Phi) is 16.0. The van der Waals surface area contributed by atoms with Crippen molar-refractivity contribution in [2.45, 2.75) is 52.9 Å². The van der Waals surface area contributed by atoms with Crippen LogP contribution in [0.4, 0.5) is 0 Å². The van der Waals surface area contributed by atoms with Crippen LogP contribution in [0.5, 0.6) is 0 Å². The molecule has 0 spiro atoms. The van der Waals surface area contributed by atoms with E-state index in [1.807, 2.05) is 42.0 Å². The summed E-state index contributed by atoms with van der Waals surface area (Å²) in [5, 5.41) is 13.5. The maximum Gasteiger partial charge on any atom is 0.311 e. The van der Waals surface area contributed by atoms with Crippen molar-refractivity contribution in [3.05, 3.63) is 0 Å². The number of amides is 1. The summed E-state index contributed by atoms with van der Waals surface area (Å²) in [6.07, 6.45) is 1.91. The topological polar surface area (TPSA) is 122 Å². The third kappa shape index (κ3) is 15.9. The van der Waals surface area contributed by atoms with Gasteiger partial charge in [0.15, 0.2) is 0 Å². The zero-order valence-electron chi connectivity index (χ0n) is 24.0. The van der Waals surface area contributed by atoms with Crippen LogP contribution in [0.1, 0.15) is 52.9 Å². The highest BCUT2D eigenvalue weighted by Crippen LogP contribution is 2.31. The first-order valence-electron chi connectivity index (χ1n) is 13.1. The molecular weight excluding hydrogens is 498 g/mol. The quantitative estimate of drug-likeness (QED) is 0.130. The molecule has 0 radical (unpaired) electrons. The molecule has 2 atom stereocenters. The summed E-state index contributed by atoms with van der Waals surface area (Å²) in [6, 6.07) is 0. The van der Waals surface area contributed by atoms with Crippen LogP contribution in [-0.2, 0) is 28.7 Å². The summed E-state index contributed by atoms with van der Waals surface area (Å²) in [5.74, 6) is -1.48. The smallest absolute Gasteiger partial charge is 0.311 e. The molecule has 0 heterocycles. The molecule has 0 aromatic rings. The third-order valence-electron chi connectivity index (χ3n) is 6.97. The van der Waals surface area contributed by atoms with Crippen molar-refractivity contribution >= 4 is 36.4 Å². The molecule has 0 aliphatic heterocycles. The van der Waals surface area contributed by atoms with Gasteiger partial charge in [0.05, 0.1) is 59.0 Å². The Hall–Kier alpha value is -1.85. The zero-order valence-corrected chi connectivity index (χ0v) is 24.9. The van der Waals surface area contributed by atoms with Gasteiger partial charge in [0, 0.05) is 24.7 Å². The molecule has 0 aliphatic rings. The first-order chi connectivity index (χ1) is 17.1. The van der Waals surface area contributed by atoms with Gasteiger partial charge in [-0.3, -0.25) is 14.4 Å². The van der Waals surface area contributed by atoms with Gasteiger partial charge in [-0.15, -0.1) is 0 Å². The van der Waals surface area contributed by atoms with Crippen LogP contribution in [0.3, 0.4) is 0 Å². The van der Waals surface area contributed by atoms with Crippen molar-refractivity contribution in [1.29, 1.82) is 0 Å². The number of aliphatic carboxylic acids is 1. The Balaban J connectivity index is 4.50. The number of carboxylic acid groups (broad SMARTS) is 1. The summed E-state index contributed by atoms with van der Waals surface area (Å²) in [6.45, 7) is 8.67. The standard InChI is InChI=1S/C26H49N3O7S/c1-8-26(3,25(34)36-19-17-29(6,7)15-11-23(31)32)12-9-21(2)24(33)35-18-16-28(4,5)14-10-22(30)27-13-20-37/h21H,8-20H2,1-7H3,(H-2,27,30,31,32,37)/p+1. The van der Waals surface area contributed by atoms with Gasteiger partial charge in [-0.2, -0.15) is 12.6 Å². The lowest BCUT2D eigenvalue weighted by Crippen LogP contribution is -2.45. The van der Waals surface area contributed by atoms with Gasteiger partial charge < -0.3 is 33.7 Å². The van der Waals surface area contributed by atoms with Gasteiger partial charge in [-0.25, -0.2) is 0 Å². The lowest BCUT2D eigenvalue weighted by molar-refractivity contribution is -0.890. The van der Waals surface area contributed by atoms with Crippen LogP contribution in [0.15, 0.2) is 0 Å². The highest BCUT2D eigenvalue weighted by molar-refractivity contribution is 7.80. The average Bonchev–Trinajstić information content (AvgIpc) is 2.82. The molecule has 1 amide bonds. The van der Waals surface area contributed by atoms with E-state index in [1.54, 1.807) is 6.92 Å². The largest absolute Gasteiger partial charge is 0.550 e. The minimum Gasteiger partial charge on any atom is -0.550 e. The van der Waals surface area contributed by atoms with E-state index in [9.17, 15) is 24.3 Å². The number of carbonyl (C=O) groups excluding carboxylic acids is 4. The van der Waals surface area contributed by atoms with Crippen molar-refractivity contribution < 1.29 is 42.7 Å². The van der Waals surface area contributed by atoms with Gasteiger partial charge in [0.1, 0.15) is 26.3 Å². The number of ether oxygens (including phenoxy) is 2. The summed E-state index contributed by atoms with van der Waals surface area (Å²) in [4.78, 5) is 47.8. The Bertz CT molecular complexity index is 746. The Morgan fingerprint density at radius 2 is 1.49 bits per heavy atom. The maximum atomic E-state index is 12.8. The van der Waals surface area contributed by atoms with Crippen LogP contribution < -0.4 is 10.4 Å². The fraction of sp³-hybridized carbons (Fsp3) is 0.846. The number of nitrogens with zero attached hydrogens (tertiary/aromatic N) is 2. The highest BCUT2D eigenvalue weighted by atomic mass is 32.1. The lowest BCUT2D eigenvalue weighted by Gasteiger charge is -2.31. The zero-order chi connectivity index (χ0) is 28.7. The summed E-state index contributed by atoms with van der Waals surface area (Å²) >= 11 is 4.08. The van der Waals surface area contributed by atoms with E-state index in [1.165, 1.54) is 0 Å². The number of quaternary nitrogens is 2. The van der Waals surface area contributed by atoms with E-state index in [0.29, 0.717) is 73.1 Å². The van der Waals surface area contributed by atoms with E-state index >= 15 is 0 Å². The minimum atomic E-state index is -1.10. The average molecular weight is 549 g/mol. The van der Waals surface area contributed by atoms with Crippen LogP contribution >= 0.6 is 12.6 Å². The van der Waals surface area contributed by atoms with E-state index in [2.05, 4.69) is 17.9 Å². The van der Waals surface area contributed by atoms with Gasteiger partial charge in [0.2, 0.25) is 5.91 Å². The number of rotatable bonds is 20. The molecule has 10 nitrogen and oxygen atoms in total. The molecule has 216 valence electrons. The molecule has 0 saturated carbocycles. The van der Waals surface area contributed by atoms with E-state index < -0.39 is 11.4 Å². The number of hydrogen-bond acceptors (Lipinski definition) is 8. The summed E-state index contributed by atoms with van der Waals surface area (Å²) < 4.78 is 12.0. The van der Waals surface area contributed by atoms with E-state index in [-0.39, 0.29) is 43.4 Å². The predicted molar refractivity (Wildman–Crippen MR) is 144 cm³/mol. The van der Waals surface area contributed by atoms with Gasteiger partial charge >= 0.3 is 11.9 Å². The number of hydrogen-bond donors (Lipinski definition) is 2. The van der Waals surface area contributed by atoms with Crippen LogP contribution in [0.2, 0.25) is 0 Å². The number of nitrogens with one attached hydrogen (secondary N) is 1. The second-order valence-corrected chi connectivity index (χ2v) is 11.8. The number of thiol groups is 1. The second-order valence-electron chi connectivity index (χ2n) is 11.4. The van der Waals surface area contributed by atoms with E-state index in [0.717, 1.165) is 0 Å².